The Hall–Kier alpha value is -3.14. The fourth-order valence-electron chi connectivity index (χ4n) is 2.62. The number of anilines is 2. The van der Waals surface area contributed by atoms with E-state index in [1.165, 1.54) is 11.3 Å². The molecule has 10 heteroatoms. The monoisotopic (exact) mass is 371 g/mol. The average Bonchev–Trinajstić information content (AvgIpc) is 3.09. The third-order valence-corrected chi connectivity index (χ3v) is 5.14. The number of H-pyrrole nitrogens is 1. The van der Waals surface area contributed by atoms with Crippen LogP contribution in [0.15, 0.2) is 18.2 Å². The van der Waals surface area contributed by atoms with Crippen LogP contribution in [0.4, 0.5) is 10.9 Å². The summed E-state index contributed by atoms with van der Waals surface area (Å²) in [5.41, 5.74) is 0.944. The second-order valence-corrected chi connectivity index (χ2v) is 7.05. The van der Waals surface area contributed by atoms with Crippen molar-refractivity contribution in [3.05, 3.63) is 23.8 Å². The predicted octanol–water partition coefficient (Wildman–Crippen LogP) is 2.35. The molecule has 3 aromatic rings. The molecule has 3 heterocycles. The topological polar surface area (TPSA) is 118 Å². The lowest BCUT2D eigenvalue weighted by atomic mass is 10.2. The van der Waals surface area contributed by atoms with E-state index in [9.17, 15) is 9.59 Å². The molecule has 0 spiro atoms. The maximum Gasteiger partial charge on any atom is 0.257 e. The summed E-state index contributed by atoms with van der Waals surface area (Å²) < 4.78 is 11.2. The summed E-state index contributed by atoms with van der Waals surface area (Å²) in [5.74, 6) is 1.27. The smallest absolute Gasteiger partial charge is 0.257 e. The molecule has 0 saturated heterocycles. The number of nitrogens with zero attached hydrogens (tertiary/aromatic N) is 2. The minimum atomic E-state index is -0.325. The van der Waals surface area contributed by atoms with Crippen molar-refractivity contribution in [2.75, 3.05) is 17.4 Å². The van der Waals surface area contributed by atoms with Crippen LogP contribution < -0.4 is 20.1 Å². The Bertz CT molecular complexity index is 1040. The van der Waals surface area contributed by atoms with Crippen molar-refractivity contribution in [3.63, 3.8) is 0 Å². The number of ether oxygens (including phenoxy) is 2. The zero-order valence-corrected chi connectivity index (χ0v) is 14.2. The first-order valence-electron chi connectivity index (χ1n) is 8.04. The summed E-state index contributed by atoms with van der Waals surface area (Å²) in [6, 6.07) is 4.96. The molecule has 9 nitrogen and oxygen atoms in total. The fraction of sp³-hybridized carbons (Fsp3) is 0.250. The highest BCUT2D eigenvalue weighted by atomic mass is 32.1. The molecule has 132 valence electrons. The van der Waals surface area contributed by atoms with Crippen LogP contribution in [0.1, 0.15) is 23.2 Å². The Morgan fingerprint density at radius 2 is 2.04 bits per heavy atom. The number of carbonyl (C=O) groups is 2. The highest BCUT2D eigenvalue weighted by molar-refractivity contribution is 7.22. The summed E-state index contributed by atoms with van der Waals surface area (Å²) >= 11 is 1.27. The van der Waals surface area contributed by atoms with Crippen LogP contribution in [0.3, 0.4) is 0 Å². The van der Waals surface area contributed by atoms with E-state index in [-0.39, 0.29) is 24.5 Å². The van der Waals surface area contributed by atoms with Crippen LogP contribution in [-0.4, -0.2) is 33.8 Å². The van der Waals surface area contributed by atoms with E-state index in [0.717, 1.165) is 12.8 Å². The van der Waals surface area contributed by atoms with E-state index in [1.807, 2.05) is 0 Å². The number of nitrogens with one attached hydrogen (secondary N) is 3. The lowest BCUT2D eigenvalue weighted by Gasteiger charge is -2.03. The van der Waals surface area contributed by atoms with Gasteiger partial charge in [0.25, 0.3) is 5.91 Å². The van der Waals surface area contributed by atoms with Gasteiger partial charge in [-0.25, -0.2) is 4.98 Å². The number of hydrogen-bond donors (Lipinski definition) is 3. The van der Waals surface area contributed by atoms with Crippen molar-refractivity contribution in [2.45, 2.75) is 12.8 Å². The molecule has 2 aromatic heterocycles. The van der Waals surface area contributed by atoms with Crippen LogP contribution in [0.25, 0.3) is 10.3 Å². The maximum atomic E-state index is 12.5. The van der Waals surface area contributed by atoms with E-state index in [0.29, 0.717) is 38.4 Å². The normalized spacial score (nSPS) is 15.2. The lowest BCUT2D eigenvalue weighted by molar-refractivity contribution is -0.117. The average molecular weight is 371 g/mol. The van der Waals surface area contributed by atoms with Gasteiger partial charge in [0.05, 0.1) is 0 Å². The van der Waals surface area contributed by atoms with Crippen LogP contribution in [-0.2, 0) is 4.79 Å². The molecule has 0 radical (unpaired) electrons. The molecule has 26 heavy (non-hydrogen) atoms. The van der Waals surface area contributed by atoms with E-state index < -0.39 is 0 Å². The number of amides is 2. The van der Waals surface area contributed by atoms with Gasteiger partial charge in [0.1, 0.15) is 4.70 Å². The third kappa shape index (κ3) is 2.64. The van der Waals surface area contributed by atoms with Crippen molar-refractivity contribution in [2.24, 2.45) is 5.92 Å². The molecule has 1 aromatic carbocycles. The third-order valence-electron chi connectivity index (χ3n) is 4.16. The predicted molar refractivity (Wildman–Crippen MR) is 93.6 cm³/mol. The van der Waals surface area contributed by atoms with Crippen molar-refractivity contribution < 1.29 is 19.1 Å². The van der Waals surface area contributed by atoms with Gasteiger partial charge >= 0.3 is 0 Å². The van der Waals surface area contributed by atoms with Gasteiger partial charge in [-0.15, -0.1) is 0 Å². The van der Waals surface area contributed by atoms with Gasteiger partial charge in [-0.3, -0.25) is 14.7 Å². The SMILES string of the molecule is O=C(Nc1n[nH]c2nc(NC(=O)C3CC3)sc12)c1ccc2c(c1)OCO2. The van der Waals surface area contributed by atoms with Crippen LogP contribution in [0.2, 0.25) is 0 Å². The number of aromatic amines is 1. The standard InChI is InChI=1S/C16H13N5O4S/c22-14(7-1-2-7)19-16-18-13-11(26-16)12(20-21-13)17-15(23)8-3-4-9-10(5-8)25-6-24-9/h3-5,7H,1-2,6H2,(H3,17,18,19,20,21,22,23). The maximum absolute atomic E-state index is 12.5. The number of thiazole rings is 1. The molecule has 1 aliphatic heterocycles. The Morgan fingerprint density at radius 1 is 1.19 bits per heavy atom. The van der Waals surface area contributed by atoms with E-state index in [1.54, 1.807) is 18.2 Å². The Balaban J connectivity index is 1.36. The summed E-state index contributed by atoms with van der Waals surface area (Å²) in [7, 11) is 0. The number of aromatic nitrogens is 3. The van der Waals surface area contributed by atoms with Gasteiger partial charge in [0, 0.05) is 11.5 Å². The molecular weight excluding hydrogens is 358 g/mol. The molecule has 3 N–H and O–H groups in total. The number of rotatable bonds is 4. The number of benzene rings is 1. The van der Waals surface area contributed by atoms with Gasteiger partial charge < -0.3 is 20.1 Å². The van der Waals surface area contributed by atoms with Crippen LogP contribution >= 0.6 is 11.3 Å². The van der Waals surface area contributed by atoms with Gasteiger partial charge in [0.2, 0.25) is 12.7 Å². The first-order valence-corrected chi connectivity index (χ1v) is 8.86. The number of fused-ring (bicyclic) bond motifs is 2. The van der Waals surface area contributed by atoms with Gasteiger partial charge in [-0.05, 0) is 31.0 Å². The Kier molecular flexibility index (Phi) is 3.32. The molecule has 1 saturated carbocycles. The van der Waals surface area contributed by atoms with E-state index in [4.69, 9.17) is 9.47 Å². The fourth-order valence-corrected chi connectivity index (χ4v) is 3.49. The van der Waals surface area contributed by atoms with Gasteiger partial charge in [-0.1, -0.05) is 11.3 Å². The first-order chi connectivity index (χ1) is 12.7. The molecule has 2 amide bonds. The molecule has 0 unspecified atom stereocenters. The first kappa shape index (κ1) is 15.1. The largest absolute Gasteiger partial charge is 0.454 e. The van der Waals surface area contributed by atoms with Crippen molar-refractivity contribution in [1.82, 2.24) is 15.2 Å². The second kappa shape index (κ2) is 5.70. The van der Waals surface area contributed by atoms with Gasteiger partial charge in [0.15, 0.2) is 28.1 Å². The molecule has 2 aliphatic rings. The van der Waals surface area contributed by atoms with E-state index in [2.05, 4.69) is 25.8 Å². The summed E-state index contributed by atoms with van der Waals surface area (Å²) in [5, 5.41) is 12.9. The minimum Gasteiger partial charge on any atom is -0.454 e. The highest BCUT2D eigenvalue weighted by Gasteiger charge is 2.30. The zero-order valence-electron chi connectivity index (χ0n) is 13.4. The van der Waals surface area contributed by atoms with Crippen molar-refractivity contribution in [1.29, 1.82) is 0 Å². The summed E-state index contributed by atoms with van der Waals surface area (Å²) in [6.45, 7) is 0.149. The lowest BCUT2D eigenvalue weighted by Crippen LogP contribution is -2.13. The van der Waals surface area contributed by atoms with Crippen LogP contribution in [0, 0.1) is 5.92 Å². The molecule has 0 atom stereocenters. The molecule has 1 aliphatic carbocycles. The summed E-state index contributed by atoms with van der Waals surface area (Å²) in [4.78, 5) is 28.6. The highest BCUT2D eigenvalue weighted by Crippen LogP contribution is 2.35. The Labute approximate surface area is 150 Å². The number of carbonyl (C=O) groups excluding carboxylic acids is 2. The molecular formula is C16H13N5O4S. The van der Waals surface area contributed by atoms with Gasteiger partial charge in [-0.2, -0.15) is 5.10 Å². The quantitative estimate of drug-likeness (QED) is 0.648. The molecule has 0 bridgehead atoms. The van der Waals surface area contributed by atoms with E-state index >= 15 is 0 Å². The molecule has 5 rings (SSSR count). The molecule has 1 fully saturated rings. The second-order valence-electron chi connectivity index (χ2n) is 6.05. The van der Waals surface area contributed by atoms with Crippen molar-refractivity contribution in [3.8, 4) is 11.5 Å². The summed E-state index contributed by atoms with van der Waals surface area (Å²) in [6.07, 6.45) is 1.85. The number of hydrogen-bond acceptors (Lipinski definition) is 7. The van der Waals surface area contributed by atoms with Crippen LogP contribution in [0.5, 0.6) is 11.5 Å². The zero-order chi connectivity index (χ0) is 17.7. The van der Waals surface area contributed by atoms with Crippen molar-refractivity contribution >= 4 is 44.4 Å². The Morgan fingerprint density at radius 3 is 2.88 bits per heavy atom. The minimum absolute atomic E-state index is 0.0136.